The predicted octanol–water partition coefficient (Wildman–Crippen LogP) is 1.65. The summed E-state index contributed by atoms with van der Waals surface area (Å²) in [6.07, 6.45) is 0.812. The molecule has 1 aromatic carbocycles. The highest BCUT2D eigenvalue weighted by Crippen LogP contribution is 2.22. The van der Waals surface area contributed by atoms with Gasteiger partial charge in [-0.1, -0.05) is 51.1 Å². The maximum absolute atomic E-state index is 7.75. The fourth-order valence-corrected chi connectivity index (χ4v) is 1.77. The molecule has 0 heterocycles. The first-order valence-corrected chi connectivity index (χ1v) is 6.29. The Morgan fingerprint density at radius 2 is 1.79 bits per heavy atom. The van der Waals surface area contributed by atoms with Crippen molar-refractivity contribution in [1.29, 1.82) is 10.8 Å². The fraction of sp³-hybridized carbons (Fsp3) is 0.429. The molecular formula is C14H23N5. The molecule has 0 aliphatic heterocycles. The fourth-order valence-electron chi connectivity index (χ4n) is 1.77. The molecule has 0 aliphatic rings. The lowest BCUT2D eigenvalue weighted by Crippen LogP contribution is -2.52. The van der Waals surface area contributed by atoms with E-state index in [9.17, 15) is 0 Å². The second-order valence-electron chi connectivity index (χ2n) is 5.67. The summed E-state index contributed by atoms with van der Waals surface area (Å²) in [6.45, 7) is 6.36. The Balaban J connectivity index is 2.74. The molecule has 0 amide bonds. The van der Waals surface area contributed by atoms with Crippen LogP contribution in [-0.4, -0.2) is 18.0 Å². The molecule has 6 N–H and O–H groups in total. The van der Waals surface area contributed by atoms with E-state index in [-0.39, 0.29) is 23.4 Å². The maximum atomic E-state index is 7.75. The van der Waals surface area contributed by atoms with Gasteiger partial charge in [0.25, 0.3) is 0 Å². The molecule has 5 heteroatoms. The van der Waals surface area contributed by atoms with E-state index >= 15 is 0 Å². The lowest BCUT2D eigenvalue weighted by atomic mass is 9.83. The first-order valence-electron chi connectivity index (χ1n) is 6.29. The first kappa shape index (κ1) is 15.0. The van der Waals surface area contributed by atoms with E-state index < -0.39 is 0 Å². The van der Waals surface area contributed by atoms with Gasteiger partial charge in [-0.25, -0.2) is 0 Å². The number of hydrogen-bond donors (Lipinski definition) is 5. The summed E-state index contributed by atoms with van der Waals surface area (Å²) >= 11 is 0. The zero-order chi connectivity index (χ0) is 14.5. The molecule has 0 saturated carbocycles. The minimum absolute atomic E-state index is 0.0133. The Morgan fingerprint density at radius 3 is 2.26 bits per heavy atom. The molecular weight excluding hydrogens is 238 g/mol. The third-order valence-electron chi connectivity index (χ3n) is 2.91. The molecule has 1 aromatic rings. The van der Waals surface area contributed by atoms with Crippen molar-refractivity contribution < 1.29 is 0 Å². The molecule has 0 aliphatic carbocycles. The molecule has 0 aromatic heterocycles. The normalized spacial score (nSPS) is 12.6. The minimum Gasteiger partial charge on any atom is -0.370 e. The summed E-state index contributed by atoms with van der Waals surface area (Å²) in [5, 5.41) is 20.4. The highest BCUT2D eigenvalue weighted by molar-refractivity contribution is 5.94. The van der Waals surface area contributed by atoms with Crippen molar-refractivity contribution in [3.8, 4) is 0 Å². The SMILES string of the molecule is CC(C)(C)C(Cc1ccccc1)NC(=N)NC(=N)N. The van der Waals surface area contributed by atoms with E-state index in [1.165, 1.54) is 5.56 Å². The molecule has 5 nitrogen and oxygen atoms in total. The Hall–Kier alpha value is -2.04. The van der Waals surface area contributed by atoms with E-state index in [0.717, 1.165) is 6.42 Å². The summed E-state index contributed by atoms with van der Waals surface area (Å²) in [4.78, 5) is 0. The summed E-state index contributed by atoms with van der Waals surface area (Å²) < 4.78 is 0. The van der Waals surface area contributed by atoms with Crippen molar-refractivity contribution in [3.05, 3.63) is 35.9 Å². The van der Waals surface area contributed by atoms with Crippen LogP contribution in [0.25, 0.3) is 0 Å². The van der Waals surface area contributed by atoms with Gasteiger partial charge in [0.05, 0.1) is 0 Å². The van der Waals surface area contributed by atoms with E-state index in [1.54, 1.807) is 0 Å². The molecule has 19 heavy (non-hydrogen) atoms. The lowest BCUT2D eigenvalue weighted by molar-refractivity contribution is 0.293. The molecule has 1 atom stereocenters. The number of hydrogen-bond acceptors (Lipinski definition) is 2. The maximum Gasteiger partial charge on any atom is 0.195 e. The molecule has 1 unspecified atom stereocenters. The highest BCUT2D eigenvalue weighted by Gasteiger charge is 2.25. The van der Waals surface area contributed by atoms with Gasteiger partial charge in [-0.05, 0) is 17.4 Å². The van der Waals surface area contributed by atoms with Crippen molar-refractivity contribution >= 4 is 11.9 Å². The summed E-state index contributed by atoms with van der Waals surface area (Å²) in [6, 6.07) is 10.2. The number of guanidine groups is 2. The number of nitrogens with two attached hydrogens (primary N) is 1. The van der Waals surface area contributed by atoms with E-state index in [4.69, 9.17) is 16.6 Å². The Kier molecular flexibility index (Phi) is 4.92. The van der Waals surface area contributed by atoms with Gasteiger partial charge < -0.3 is 11.1 Å². The van der Waals surface area contributed by atoms with Crippen LogP contribution in [0.4, 0.5) is 0 Å². The highest BCUT2D eigenvalue weighted by atomic mass is 15.2. The van der Waals surface area contributed by atoms with E-state index in [1.807, 2.05) is 18.2 Å². The van der Waals surface area contributed by atoms with Gasteiger partial charge >= 0.3 is 0 Å². The quantitative estimate of drug-likeness (QED) is 0.422. The van der Waals surface area contributed by atoms with Crippen LogP contribution in [0.3, 0.4) is 0 Å². The molecule has 0 saturated heterocycles. The van der Waals surface area contributed by atoms with Crippen molar-refractivity contribution in [1.82, 2.24) is 10.6 Å². The zero-order valence-electron chi connectivity index (χ0n) is 11.7. The molecule has 1 rings (SSSR count). The lowest BCUT2D eigenvalue weighted by Gasteiger charge is -2.32. The number of nitrogens with one attached hydrogen (secondary N) is 4. The van der Waals surface area contributed by atoms with Crippen LogP contribution >= 0.6 is 0 Å². The average molecular weight is 261 g/mol. The van der Waals surface area contributed by atoms with Crippen LogP contribution in [0.2, 0.25) is 0 Å². The molecule has 104 valence electrons. The molecule has 0 spiro atoms. The van der Waals surface area contributed by atoms with Crippen molar-refractivity contribution in [2.45, 2.75) is 33.2 Å². The third kappa shape index (κ3) is 5.42. The predicted molar refractivity (Wildman–Crippen MR) is 79.3 cm³/mol. The largest absolute Gasteiger partial charge is 0.370 e. The second kappa shape index (κ2) is 6.22. The smallest absolute Gasteiger partial charge is 0.195 e. The second-order valence-corrected chi connectivity index (χ2v) is 5.67. The van der Waals surface area contributed by atoms with Crippen LogP contribution < -0.4 is 16.4 Å². The van der Waals surface area contributed by atoms with Crippen LogP contribution in [0.1, 0.15) is 26.3 Å². The van der Waals surface area contributed by atoms with Gasteiger partial charge in [0, 0.05) is 6.04 Å². The molecule has 0 radical (unpaired) electrons. The van der Waals surface area contributed by atoms with Crippen molar-refractivity contribution in [2.75, 3.05) is 0 Å². The van der Waals surface area contributed by atoms with Gasteiger partial charge in [0.15, 0.2) is 11.9 Å². The number of benzene rings is 1. The summed E-state index contributed by atoms with van der Waals surface area (Å²) in [5.74, 6) is -0.173. The van der Waals surface area contributed by atoms with Crippen LogP contribution in [0, 0.1) is 16.2 Å². The van der Waals surface area contributed by atoms with Gasteiger partial charge in [0.1, 0.15) is 0 Å². The third-order valence-corrected chi connectivity index (χ3v) is 2.91. The topological polar surface area (TPSA) is 97.8 Å². The van der Waals surface area contributed by atoms with Crippen molar-refractivity contribution in [3.63, 3.8) is 0 Å². The molecule has 0 fully saturated rings. The first-order chi connectivity index (χ1) is 8.79. The number of rotatable bonds is 3. The molecule has 0 bridgehead atoms. The Morgan fingerprint density at radius 1 is 1.21 bits per heavy atom. The van der Waals surface area contributed by atoms with Crippen LogP contribution in [-0.2, 0) is 6.42 Å². The minimum atomic E-state index is -0.232. The summed E-state index contributed by atoms with van der Waals surface area (Å²) in [7, 11) is 0. The van der Waals surface area contributed by atoms with Crippen molar-refractivity contribution in [2.24, 2.45) is 11.1 Å². The van der Waals surface area contributed by atoms with Crippen LogP contribution in [0.15, 0.2) is 30.3 Å². The zero-order valence-corrected chi connectivity index (χ0v) is 11.7. The van der Waals surface area contributed by atoms with Gasteiger partial charge in [-0.15, -0.1) is 0 Å². The van der Waals surface area contributed by atoms with E-state index in [2.05, 4.69) is 43.5 Å². The van der Waals surface area contributed by atoms with Gasteiger partial charge in [-0.3, -0.25) is 16.1 Å². The summed E-state index contributed by atoms with van der Waals surface area (Å²) in [5.41, 5.74) is 6.42. The van der Waals surface area contributed by atoms with E-state index in [0.29, 0.717) is 0 Å². The van der Waals surface area contributed by atoms with Gasteiger partial charge in [-0.2, -0.15) is 0 Å². The standard InChI is InChI=1S/C14H23N5/c1-14(2,3)11(18-13(17)19-12(15)16)9-10-7-5-4-6-8-10/h4-8,11H,9H2,1-3H3,(H6,15,16,17,18,19). The monoisotopic (exact) mass is 261 g/mol. The average Bonchev–Trinajstić information content (AvgIpc) is 2.27. The Labute approximate surface area is 114 Å². The van der Waals surface area contributed by atoms with Crippen LogP contribution in [0.5, 0.6) is 0 Å². The van der Waals surface area contributed by atoms with Gasteiger partial charge in [0.2, 0.25) is 0 Å². The Bertz CT molecular complexity index is 433.